The summed E-state index contributed by atoms with van der Waals surface area (Å²) < 4.78 is 22.8. The van der Waals surface area contributed by atoms with Gasteiger partial charge >= 0.3 is 5.76 Å². The molecule has 2 atom stereocenters. The van der Waals surface area contributed by atoms with Gasteiger partial charge in [0.05, 0.1) is 48.3 Å². The highest BCUT2D eigenvalue weighted by atomic mass is 19.1. The minimum atomic E-state index is -1.17. The van der Waals surface area contributed by atoms with Gasteiger partial charge in [-0.2, -0.15) is 9.78 Å². The first kappa shape index (κ1) is 24.9. The second-order valence-corrected chi connectivity index (χ2v) is 11.1. The number of hydrogen-bond donors (Lipinski definition) is 3. The minimum absolute atomic E-state index is 0.244. The quantitative estimate of drug-likeness (QED) is 0.266. The standard InChI is InChI=1S/C30H28FN9O2/c1-2-39-16-18(12-34-39)30(28-38-40(29(41)42-28)15-17-7-8-17)26-21(20-5-3-4-6-22(20)35-26)11-24(37-30)27-33-14-25(36-27)23-10-9-19(31)13-32-23/h3-6,9-10,12-14,16-17,24,35,37H,2,7-8,11,15H2,1H3,(H,33,36)/t24-,30-/m1/s1. The van der Waals surface area contributed by atoms with E-state index in [2.05, 4.69) is 31.4 Å². The summed E-state index contributed by atoms with van der Waals surface area (Å²) in [6.45, 7) is 3.22. The largest absolute Gasteiger partial charge is 0.437 e. The fourth-order valence-corrected chi connectivity index (χ4v) is 6.03. The highest BCUT2D eigenvalue weighted by molar-refractivity contribution is 5.86. The van der Waals surface area contributed by atoms with Crippen molar-refractivity contribution in [3.05, 3.63) is 106 Å². The monoisotopic (exact) mass is 565 g/mol. The third kappa shape index (κ3) is 3.93. The van der Waals surface area contributed by atoms with Gasteiger partial charge in [0.1, 0.15) is 11.6 Å². The Morgan fingerprint density at radius 1 is 1.10 bits per heavy atom. The number of hydrogen-bond acceptors (Lipinski definition) is 7. The Hall–Kier alpha value is -4.84. The van der Waals surface area contributed by atoms with Crippen molar-refractivity contribution in [2.24, 2.45) is 5.92 Å². The number of rotatable bonds is 7. The zero-order valence-electron chi connectivity index (χ0n) is 22.8. The van der Waals surface area contributed by atoms with Crippen molar-refractivity contribution in [3.63, 3.8) is 0 Å². The molecular formula is C30H28FN9O2. The van der Waals surface area contributed by atoms with Crippen LogP contribution in [0.2, 0.25) is 0 Å². The van der Waals surface area contributed by atoms with Gasteiger partial charge in [0, 0.05) is 29.2 Å². The van der Waals surface area contributed by atoms with Crippen LogP contribution in [0.1, 0.15) is 54.3 Å². The summed E-state index contributed by atoms with van der Waals surface area (Å²) in [6.07, 6.45) is 9.40. The van der Waals surface area contributed by atoms with Crippen LogP contribution in [0, 0.1) is 11.7 Å². The number of nitrogens with zero attached hydrogens (tertiary/aromatic N) is 6. The van der Waals surface area contributed by atoms with Gasteiger partial charge in [0.15, 0.2) is 5.54 Å². The lowest BCUT2D eigenvalue weighted by molar-refractivity contribution is 0.284. The molecular weight excluding hydrogens is 537 g/mol. The fourth-order valence-electron chi connectivity index (χ4n) is 6.03. The number of benzene rings is 1. The maximum absolute atomic E-state index is 13.5. The van der Waals surface area contributed by atoms with Crippen LogP contribution in [0.4, 0.5) is 4.39 Å². The topological polar surface area (TPSA) is 135 Å². The molecule has 8 rings (SSSR count). The molecule has 1 aliphatic heterocycles. The predicted molar refractivity (Wildman–Crippen MR) is 151 cm³/mol. The third-order valence-corrected chi connectivity index (χ3v) is 8.36. The van der Waals surface area contributed by atoms with Crippen molar-refractivity contribution in [2.75, 3.05) is 0 Å². The Morgan fingerprint density at radius 3 is 2.76 bits per heavy atom. The van der Waals surface area contributed by atoms with E-state index in [1.807, 2.05) is 36.0 Å². The maximum atomic E-state index is 13.5. The Bertz CT molecular complexity index is 1980. The van der Waals surface area contributed by atoms with Crippen molar-refractivity contribution in [3.8, 4) is 11.4 Å². The van der Waals surface area contributed by atoms with Crippen LogP contribution in [0.3, 0.4) is 0 Å². The average Bonchev–Trinajstić information content (AvgIpc) is 3.39. The molecule has 1 saturated carbocycles. The Morgan fingerprint density at radius 2 is 1.98 bits per heavy atom. The fraction of sp³-hybridized carbons (Fsp3) is 0.300. The summed E-state index contributed by atoms with van der Waals surface area (Å²) in [7, 11) is 0. The van der Waals surface area contributed by atoms with Crippen molar-refractivity contribution in [1.29, 1.82) is 0 Å². The lowest BCUT2D eigenvalue weighted by Gasteiger charge is -2.38. The van der Waals surface area contributed by atoms with E-state index >= 15 is 0 Å². The second kappa shape index (κ2) is 9.35. The van der Waals surface area contributed by atoms with E-state index in [4.69, 9.17) is 14.5 Å². The summed E-state index contributed by atoms with van der Waals surface area (Å²) in [6, 6.07) is 10.8. The van der Waals surface area contributed by atoms with Crippen LogP contribution in [-0.4, -0.2) is 39.5 Å². The summed E-state index contributed by atoms with van der Waals surface area (Å²) in [5.74, 6) is 0.465. The normalized spacial score (nSPS) is 20.3. The van der Waals surface area contributed by atoms with Crippen molar-refractivity contribution in [1.82, 2.24) is 44.8 Å². The number of aromatic nitrogens is 8. The second-order valence-electron chi connectivity index (χ2n) is 11.1. The molecule has 6 heterocycles. The number of para-hydroxylation sites is 1. The maximum Gasteiger partial charge on any atom is 0.437 e. The molecule has 1 aromatic carbocycles. The highest BCUT2D eigenvalue weighted by Gasteiger charge is 2.51. The van der Waals surface area contributed by atoms with Crippen molar-refractivity contribution in [2.45, 2.75) is 50.9 Å². The predicted octanol–water partition coefficient (Wildman–Crippen LogP) is 4.05. The molecule has 0 bridgehead atoms. The molecule has 212 valence electrons. The van der Waals surface area contributed by atoms with E-state index in [0.29, 0.717) is 42.6 Å². The zero-order chi connectivity index (χ0) is 28.4. The summed E-state index contributed by atoms with van der Waals surface area (Å²) in [5, 5.41) is 14.2. The van der Waals surface area contributed by atoms with Gasteiger partial charge < -0.3 is 14.4 Å². The van der Waals surface area contributed by atoms with E-state index in [-0.39, 0.29) is 11.9 Å². The van der Waals surface area contributed by atoms with E-state index in [9.17, 15) is 9.18 Å². The first-order valence-corrected chi connectivity index (χ1v) is 14.2. The molecule has 3 N–H and O–H groups in total. The minimum Gasteiger partial charge on any atom is -0.389 e. The van der Waals surface area contributed by atoms with Gasteiger partial charge in [0.25, 0.3) is 0 Å². The highest BCUT2D eigenvalue weighted by Crippen LogP contribution is 2.46. The van der Waals surface area contributed by atoms with Crippen molar-refractivity contribution >= 4 is 10.9 Å². The molecule has 42 heavy (non-hydrogen) atoms. The van der Waals surface area contributed by atoms with Gasteiger partial charge in [-0.1, -0.05) is 18.2 Å². The molecule has 1 fully saturated rings. The summed E-state index contributed by atoms with van der Waals surface area (Å²) >= 11 is 0. The number of H-pyrrole nitrogens is 2. The van der Waals surface area contributed by atoms with Crippen LogP contribution >= 0.6 is 0 Å². The Balaban J connectivity index is 1.33. The van der Waals surface area contributed by atoms with Gasteiger partial charge in [-0.25, -0.2) is 14.2 Å². The molecule has 0 amide bonds. The SMILES string of the molecule is CCn1cc([C@@]2(c3nn(CC4CC4)c(=O)o3)N[C@@H](c3ncc(-c4ccc(F)cn4)[nH]3)Cc3c2[nH]c2ccccc32)cn1. The molecule has 1 aliphatic carbocycles. The van der Waals surface area contributed by atoms with Gasteiger partial charge in [-0.3, -0.25) is 15.0 Å². The van der Waals surface area contributed by atoms with Crippen LogP contribution < -0.4 is 11.1 Å². The van der Waals surface area contributed by atoms with Gasteiger partial charge in [0.2, 0.25) is 5.89 Å². The number of pyridine rings is 1. The average molecular weight is 566 g/mol. The molecule has 0 spiro atoms. The number of aryl methyl sites for hydroxylation is 1. The number of fused-ring (bicyclic) bond motifs is 3. The number of imidazole rings is 1. The first-order chi connectivity index (χ1) is 20.5. The molecule has 11 nitrogen and oxygen atoms in total. The molecule has 6 aromatic rings. The molecule has 12 heteroatoms. The summed E-state index contributed by atoms with van der Waals surface area (Å²) in [4.78, 5) is 29.1. The van der Waals surface area contributed by atoms with Crippen LogP contribution in [-0.2, 0) is 25.0 Å². The van der Waals surface area contributed by atoms with E-state index in [1.165, 1.54) is 16.9 Å². The molecule has 0 unspecified atom stereocenters. The van der Waals surface area contributed by atoms with Crippen molar-refractivity contribution < 1.29 is 8.81 Å². The molecule has 2 aliphatic rings. The van der Waals surface area contributed by atoms with Crippen LogP contribution in [0.5, 0.6) is 0 Å². The molecule has 5 aromatic heterocycles. The van der Waals surface area contributed by atoms with Crippen LogP contribution in [0.15, 0.2) is 70.4 Å². The Labute approximate surface area is 238 Å². The zero-order valence-corrected chi connectivity index (χ0v) is 22.8. The molecule has 0 saturated heterocycles. The van der Waals surface area contributed by atoms with Gasteiger partial charge in [-0.15, -0.1) is 5.10 Å². The van der Waals surface area contributed by atoms with E-state index in [0.717, 1.165) is 40.6 Å². The lowest BCUT2D eigenvalue weighted by Crippen LogP contribution is -2.51. The van der Waals surface area contributed by atoms with E-state index < -0.39 is 17.1 Å². The molecule has 0 radical (unpaired) electrons. The first-order valence-electron chi connectivity index (χ1n) is 14.2. The smallest absolute Gasteiger partial charge is 0.389 e. The summed E-state index contributed by atoms with van der Waals surface area (Å²) in [5.41, 5.74) is 3.75. The number of halogens is 1. The third-order valence-electron chi connectivity index (χ3n) is 8.36. The van der Waals surface area contributed by atoms with Gasteiger partial charge in [-0.05, 0) is 55.9 Å². The Kier molecular flexibility index (Phi) is 5.54. The number of nitrogens with one attached hydrogen (secondary N) is 3. The number of aromatic amines is 2. The lowest BCUT2D eigenvalue weighted by atomic mass is 9.79. The van der Waals surface area contributed by atoms with Crippen LogP contribution in [0.25, 0.3) is 22.3 Å². The van der Waals surface area contributed by atoms with E-state index in [1.54, 1.807) is 18.5 Å².